The zero-order chi connectivity index (χ0) is 24.4. The van der Waals surface area contributed by atoms with Gasteiger partial charge in [-0.15, -0.1) is 11.3 Å². The van der Waals surface area contributed by atoms with E-state index < -0.39 is 6.04 Å². The number of carbonyl (C=O) groups is 2. The van der Waals surface area contributed by atoms with Gasteiger partial charge in [-0.2, -0.15) is 0 Å². The number of likely N-dealkylation sites (tertiary alicyclic amines) is 1. The molecule has 4 heterocycles. The maximum absolute atomic E-state index is 13.9. The molecule has 5 rings (SSSR count). The fourth-order valence-electron chi connectivity index (χ4n) is 4.93. The fourth-order valence-corrected chi connectivity index (χ4v) is 5.88. The maximum atomic E-state index is 13.9. The van der Waals surface area contributed by atoms with Crippen LogP contribution >= 0.6 is 11.3 Å². The second-order valence-corrected chi connectivity index (χ2v) is 10.1. The molecular formula is C25H31N5O4S. The van der Waals surface area contributed by atoms with Gasteiger partial charge in [-0.05, 0) is 57.7 Å². The Kier molecular flexibility index (Phi) is 7.12. The highest BCUT2D eigenvalue weighted by Gasteiger charge is 2.40. The molecule has 0 saturated carbocycles. The molecule has 9 nitrogen and oxygen atoms in total. The summed E-state index contributed by atoms with van der Waals surface area (Å²) in [6.07, 6.45) is 3.26. The minimum Gasteiger partial charge on any atom is -0.381 e. The van der Waals surface area contributed by atoms with Crippen molar-refractivity contribution < 1.29 is 18.8 Å². The van der Waals surface area contributed by atoms with Crippen molar-refractivity contribution in [2.45, 2.75) is 50.7 Å². The summed E-state index contributed by atoms with van der Waals surface area (Å²) in [6.45, 7) is 3.67. The van der Waals surface area contributed by atoms with Crippen LogP contribution in [0.1, 0.15) is 43.7 Å². The number of carbonyl (C=O) groups excluding carboxylic acids is 2. The zero-order valence-electron chi connectivity index (χ0n) is 20.0. The van der Waals surface area contributed by atoms with Crippen LogP contribution in [0.4, 0.5) is 0 Å². The van der Waals surface area contributed by atoms with Crippen LogP contribution in [0.2, 0.25) is 0 Å². The predicted octanol–water partition coefficient (Wildman–Crippen LogP) is 3.13. The lowest BCUT2D eigenvalue weighted by Gasteiger charge is -2.35. The molecular weight excluding hydrogens is 466 g/mol. The first-order chi connectivity index (χ1) is 17.1. The number of ether oxygens (including phenoxy) is 1. The van der Waals surface area contributed by atoms with Crippen molar-refractivity contribution in [3.05, 3.63) is 34.7 Å². The van der Waals surface area contributed by atoms with Gasteiger partial charge in [-0.1, -0.05) is 17.3 Å². The molecule has 0 aliphatic carbocycles. The van der Waals surface area contributed by atoms with Gasteiger partial charge >= 0.3 is 0 Å². The van der Waals surface area contributed by atoms with Gasteiger partial charge in [0.25, 0.3) is 0 Å². The molecule has 35 heavy (non-hydrogen) atoms. The summed E-state index contributed by atoms with van der Waals surface area (Å²) in [7, 11) is 1.74. The van der Waals surface area contributed by atoms with Crippen molar-refractivity contribution in [1.29, 1.82) is 0 Å². The van der Waals surface area contributed by atoms with Gasteiger partial charge in [0.2, 0.25) is 11.8 Å². The Labute approximate surface area is 208 Å². The molecule has 3 aromatic rings. The summed E-state index contributed by atoms with van der Waals surface area (Å²) in [5.41, 5.74) is 2.19. The summed E-state index contributed by atoms with van der Waals surface area (Å²) in [5.74, 6) is -0.138. The van der Waals surface area contributed by atoms with Crippen molar-refractivity contribution in [3.8, 4) is 11.4 Å². The van der Waals surface area contributed by atoms with E-state index in [9.17, 15) is 9.59 Å². The molecule has 10 heteroatoms. The molecule has 0 radical (unpaired) electrons. The molecule has 2 amide bonds. The van der Waals surface area contributed by atoms with Crippen molar-refractivity contribution >= 4 is 34.1 Å². The lowest BCUT2D eigenvalue weighted by atomic mass is 9.90. The predicted molar refractivity (Wildman–Crippen MR) is 133 cm³/mol. The lowest BCUT2D eigenvalue weighted by Crippen LogP contribution is -2.56. The topological polar surface area (TPSA) is 110 Å². The van der Waals surface area contributed by atoms with E-state index in [2.05, 4.69) is 15.8 Å². The Morgan fingerprint density at radius 1 is 1.20 bits per heavy atom. The molecule has 2 aliphatic heterocycles. The molecule has 186 valence electrons. The van der Waals surface area contributed by atoms with E-state index in [0.717, 1.165) is 47.4 Å². The summed E-state index contributed by atoms with van der Waals surface area (Å²) < 4.78 is 11.0. The molecule has 2 fully saturated rings. The first-order valence-electron chi connectivity index (χ1n) is 12.2. The zero-order valence-corrected chi connectivity index (χ0v) is 20.8. The fraction of sp³-hybridized carbons (Fsp3) is 0.520. The lowest BCUT2D eigenvalue weighted by molar-refractivity contribution is -0.140. The van der Waals surface area contributed by atoms with Gasteiger partial charge in [0.15, 0.2) is 5.58 Å². The molecule has 1 aromatic carbocycles. The van der Waals surface area contributed by atoms with Crippen LogP contribution in [-0.4, -0.2) is 65.7 Å². The number of aromatic nitrogens is 2. The van der Waals surface area contributed by atoms with Crippen LogP contribution in [0, 0.1) is 5.92 Å². The van der Waals surface area contributed by atoms with Gasteiger partial charge in [0.1, 0.15) is 22.4 Å². The Hall–Kier alpha value is -2.82. The molecule has 2 aliphatic rings. The highest BCUT2D eigenvalue weighted by molar-refractivity contribution is 7.10. The van der Waals surface area contributed by atoms with E-state index >= 15 is 0 Å². The van der Waals surface area contributed by atoms with Gasteiger partial charge in [0, 0.05) is 25.1 Å². The van der Waals surface area contributed by atoms with E-state index in [1.807, 2.05) is 34.5 Å². The monoisotopic (exact) mass is 497 g/mol. The molecule has 3 atom stereocenters. The number of nitrogens with zero attached hydrogens (tertiary/aromatic N) is 3. The Balaban J connectivity index is 1.38. The van der Waals surface area contributed by atoms with Gasteiger partial charge in [-0.25, -0.2) is 4.98 Å². The summed E-state index contributed by atoms with van der Waals surface area (Å²) in [4.78, 5) is 33.4. The Morgan fingerprint density at radius 2 is 2.00 bits per heavy atom. The third kappa shape index (κ3) is 4.82. The van der Waals surface area contributed by atoms with E-state index in [4.69, 9.17) is 14.2 Å². The number of nitrogens with one attached hydrogen (secondary N) is 2. The molecule has 0 unspecified atom stereocenters. The minimum atomic E-state index is -0.568. The first-order valence-corrected chi connectivity index (χ1v) is 13.1. The molecule has 2 N–H and O–H groups in total. The molecule has 2 aromatic heterocycles. The van der Waals surface area contributed by atoms with Crippen molar-refractivity contribution in [3.63, 3.8) is 0 Å². The van der Waals surface area contributed by atoms with Crippen LogP contribution in [-0.2, 0) is 14.3 Å². The second kappa shape index (κ2) is 10.4. The largest absolute Gasteiger partial charge is 0.381 e. The standard InChI is InChI=1S/C25H31N5O4S/c1-15(26-2)23(31)28-21(16-9-12-33-13-10-16)25(32)30-11-5-7-19(30)24-27-18(14-35-24)22-17-6-3-4-8-20(17)34-29-22/h3-4,6,8,14-16,19,21,26H,5,7,9-13H2,1-2H3,(H,28,31)/t15-,19-,21-/m0/s1. The van der Waals surface area contributed by atoms with E-state index in [-0.39, 0.29) is 29.8 Å². The Morgan fingerprint density at radius 3 is 2.80 bits per heavy atom. The molecule has 2 saturated heterocycles. The summed E-state index contributed by atoms with van der Waals surface area (Å²) >= 11 is 1.54. The number of thiazole rings is 1. The first kappa shape index (κ1) is 23.9. The average Bonchev–Trinajstić information content (AvgIpc) is 3.65. The third-order valence-corrected chi connectivity index (χ3v) is 8.04. The maximum Gasteiger partial charge on any atom is 0.246 e. The van der Waals surface area contributed by atoms with E-state index in [1.54, 1.807) is 25.3 Å². The quantitative estimate of drug-likeness (QED) is 0.516. The normalized spacial score (nSPS) is 20.7. The number of benzene rings is 1. The SMILES string of the molecule is CN[C@@H](C)C(=O)N[C@H](C(=O)N1CCC[C@H]1c1nc(-c2noc3ccccc23)cs1)C1CCOCC1. The van der Waals surface area contributed by atoms with Crippen LogP contribution in [0.3, 0.4) is 0 Å². The van der Waals surface area contributed by atoms with Crippen LogP contribution in [0.15, 0.2) is 34.2 Å². The van der Waals surface area contributed by atoms with Crippen molar-refractivity contribution in [2.75, 3.05) is 26.8 Å². The smallest absolute Gasteiger partial charge is 0.246 e. The Bertz CT molecular complexity index is 1190. The number of rotatable bonds is 7. The number of para-hydroxylation sites is 1. The molecule has 0 spiro atoms. The third-order valence-electron chi connectivity index (χ3n) is 7.09. The summed E-state index contributed by atoms with van der Waals surface area (Å²) in [6, 6.07) is 6.67. The number of amides is 2. The van der Waals surface area contributed by atoms with Crippen molar-refractivity contribution in [2.24, 2.45) is 5.92 Å². The van der Waals surface area contributed by atoms with Crippen LogP contribution in [0.25, 0.3) is 22.4 Å². The highest BCUT2D eigenvalue weighted by Crippen LogP contribution is 2.38. The van der Waals surface area contributed by atoms with E-state index in [0.29, 0.717) is 25.5 Å². The highest BCUT2D eigenvalue weighted by atomic mass is 32.1. The number of hydrogen-bond acceptors (Lipinski definition) is 8. The number of fused-ring (bicyclic) bond motifs is 1. The number of likely N-dealkylation sites (N-methyl/N-ethyl adjacent to an activating group) is 1. The van der Waals surface area contributed by atoms with Crippen LogP contribution < -0.4 is 10.6 Å². The van der Waals surface area contributed by atoms with Gasteiger partial charge < -0.3 is 24.8 Å². The van der Waals surface area contributed by atoms with Gasteiger partial charge in [0.05, 0.1) is 17.5 Å². The van der Waals surface area contributed by atoms with E-state index in [1.165, 1.54) is 0 Å². The van der Waals surface area contributed by atoms with Crippen LogP contribution in [0.5, 0.6) is 0 Å². The molecule has 0 bridgehead atoms. The second-order valence-electron chi connectivity index (χ2n) is 9.23. The minimum absolute atomic E-state index is 0.0281. The average molecular weight is 498 g/mol. The number of hydrogen-bond donors (Lipinski definition) is 2. The van der Waals surface area contributed by atoms with Gasteiger partial charge in [-0.3, -0.25) is 9.59 Å². The summed E-state index contributed by atoms with van der Waals surface area (Å²) in [5, 5.41) is 14.0. The van der Waals surface area contributed by atoms with Crippen molar-refractivity contribution in [1.82, 2.24) is 25.7 Å².